The van der Waals surface area contributed by atoms with Crippen LogP contribution in [0.2, 0.25) is 0 Å². The minimum Gasteiger partial charge on any atom is -0.466 e. The molecule has 0 unspecified atom stereocenters. The van der Waals surface area contributed by atoms with Gasteiger partial charge in [-0.05, 0) is 51.8 Å². The summed E-state index contributed by atoms with van der Waals surface area (Å²) < 4.78 is 43.0. The predicted molar refractivity (Wildman–Crippen MR) is 120 cm³/mol. The molecule has 0 spiro atoms. The number of thiazole rings is 1. The first-order valence-corrected chi connectivity index (χ1v) is 12.1. The van der Waals surface area contributed by atoms with Crippen molar-refractivity contribution < 1.29 is 32.0 Å². The van der Waals surface area contributed by atoms with Gasteiger partial charge in [-0.3, -0.25) is 14.1 Å². The molecule has 12 heteroatoms. The van der Waals surface area contributed by atoms with Crippen LogP contribution in [0.3, 0.4) is 0 Å². The van der Waals surface area contributed by atoms with Gasteiger partial charge in [0, 0.05) is 5.38 Å². The normalized spacial score (nSPS) is 12.7. The Morgan fingerprint density at radius 3 is 2.44 bits per heavy atom. The number of rotatable bonds is 9. The maximum atomic E-state index is 12.4. The van der Waals surface area contributed by atoms with E-state index in [0.29, 0.717) is 17.1 Å². The first-order chi connectivity index (χ1) is 14.8. The fourth-order valence-corrected chi connectivity index (χ4v) is 3.94. The van der Waals surface area contributed by atoms with Crippen molar-refractivity contribution in [3.05, 3.63) is 45.9 Å². The van der Waals surface area contributed by atoms with Gasteiger partial charge in [-0.15, -0.1) is 11.3 Å². The van der Waals surface area contributed by atoms with Crippen LogP contribution in [0.4, 0.5) is 10.5 Å². The monoisotopic (exact) mass is 485 g/mol. The van der Waals surface area contributed by atoms with Crippen LogP contribution in [0.5, 0.6) is 0 Å². The largest absolute Gasteiger partial charge is 0.466 e. The molecule has 0 saturated heterocycles. The Labute approximate surface area is 191 Å². The zero-order valence-corrected chi connectivity index (χ0v) is 19.9. The second kappa shape index (κ2) is 10.7. The highest BCUT2D eigenvalue weighted by Crippen LogP contribution is 2.23. The zero-order valence-electron chi connectivity index (χ0n) is 18.2. The number of alkyl carbamates (subject to hydrolysis) is 1. The molecule has 1 atom stereocenters. The summed E-state index contributed by atoms with van der Waals surface area (Å²) in [4.78, 5) is 28.6. The van der Waals surface area contributed by atoms with E-state index in [0.717, 1.165) is 5.56 Å². The lowest BCUT2D eigenvalue weighted by molar-refractivity contribution is -0.142. The SMILES string of the molecule is CCOC(=O)Cc1nc([C@H](Cc2ccc(NS(=O)(=O)O)cc2)NC(=O)OC(C)(C)C)cs1. The van der Waals surface area contributed by atoms with Gasteiger partial charge >= 0.3 is 22.4 Å². The van der Waals surface area contributed by atoms with Crippen molar-refractivity contribution in [2.45, 2.75) is 52.2 Å². The van der Waals surface area contributed by atoms with Crippen molar-refractivity contribution in [2.75, 3.05) is 11.3 Å². The molecule has 0 fully saturated rings. The molecule has 10 nitrogen and oxygen atoms in total. The predicted octanol–water partition coefficient (Wildman–Crippen LogP) is 3.27. The lowest BCUT2D eigenvalue weighted by atomic mass is 10.0. The van der Waals surface area contributed by atoms with Crippen molar-refractivity contribution in [1.82, 2.24) is 10.3 Å². The Morgan fingerprint density at radius 2 is 1.88 bits per heavy atom. The first kappa shape index (κ1) is 25.6. The molecule has 0 radical (unpaired) electrons. The minimum absolute atomic E-state index is 0.0354. The van der Waals surface area contributed by atoms with Crippen LogP contribution in [0.25, 0.3) is 0 Å². The molecule has 0 aliphatic carbocycles. The average molecular weight is 486 g/mol. The van der Waals surface area contributed by atoms with E-state index in [1.807, 2.05) is 4.72 Å². The number of carbonyl (C=O) groups is 2. The number of aromatic nitrogens is 1. The van der Waals surface area contributed by atoms with Gasteiger partial charge in [-0.1, -0.05) is 12.1 Å². The van der Waals surface area contributed by atoms with Crippen molar-refractivity contribution in [3.63, 3.8) is 0 Å². The number of carbonyl (C=O) groups excluding carboxylic acids is 2. The lowest BCUT2D eigenvalue weighted by Crippen LogP contribution is -2.36. The van der Waals surface area contributed by atoms with Crippen LogP contribution >= 0.6 is 11.3 Å². The summed E-state index contributed by atoms with van der Waals surface area (Å²) in [5.74, 6) is -0.382. The van der Waals surface area contributed by atoms with E-state index < -0.39 is 28.0 Å². The van der Waals surface area contributed by atoms with Crippen LogP contribution < -0.4 is 10.0 Å². The van der Waals surface area contributed by atoms with Gasteiger partial charge in [-0.25, -0.2) is 9.78 Å². The van der Waals surface area contributed by atoms with Gasteiger partial charge in [0.05, 0.1) is 30.5 Å². The third-order valence-electron chi connectivity index (χ3n) is 3.86. The Bertz CT molecular complexity index is 1030. The molecule has 3 N–H and O–H groups in total. The van der Waals surface area contributed by atoms with E-state index in [1.54, 1.807) is 45.2 Å². The van der Waals surface area contributed by atoms with Crippen molar-refractivity contribution in [3.8, 4) is 0 Å². The Kier molecular flexibility index (Phi) is 8.58. The van der Waals surface area contributed by atoms with E-state index in [-0.39, 0.29) is 24.7 Å². The molecule has 1 amide bonds. The molecule has 1 heterocycles. The number of hydrogen-bond acceptors (Lipinski definition) is 8. The van der Waals surface area contributed by atoms with Crippen LogP contribution in [0.15, 0.2) is 29.6 Å². The quantitative estimate of drug-likeness (QED) is 0.363. The number of nitrogens with zero attached hydrogens (tertiary/aromatic N) is 1. The van der Waals surface area contributed by atoms with Gasteiger partial charge in [-0.2, -0.15) is 8.42 Å². The van der Waals surface area contributed by atoms with Crippen molar-refractivity contribution >= 4 is 39.4 Å². The van der Waals surface area contributed by atoms with E-state index >= 15 is 0 Å². The second-order valence-electron chi connectivity index (χ2n) is 7.82. The first-order valence-electron chi connectivity index (χ1n) is 9.78. The second-order valence-corrected chi connectivity index (χ2v) is 9.92. The molecule has 2 aromatic rings. The smallest absolute Gasteiger partial charge is 0.408 e. The number of esters is 1. The van der Waals surface area contributed by atoms with Gasteiger partial charge in [0.25, 0.3) is 0 Å². The molecule has 0 aliphatic rings. The summed E-state index contributed by atoms with van der Waals surface area (Å²) in [5, 5.41) is 5.11. The molecule has 0 saturated carbocycles. The van der Waals surface area contributed by atoms with E-state index in [2.05, 4.69) is 10.3 Å². The highest BCUT2D eigenvalue weighted by atomic mass is 32.2. The molecule has 176 valence electrons. The number of amides is 1. The number of nitrogens with one attached hydrogen (secondary N) is 2. The average Bonchev–Trinajstić information content (AvgIpc) is 3.08. The zero-order chi connectivity index (χ0) is 23.9. The molecule has 32 heavy (non-hydrogen) atoms. The third kappa shape index (κ3) is 9.20. The van der Waals surface area contributed by atoms with Crippen molar-refractivity contribution in [2.24, 2.45) is 0 Å². The van der Waals surface area contributed by atoms with Crippen LogP contribution in [-0.2, 0) is 37.4 Å². The summed E-state index contributed by atoms with van der Waals surface area (Å²) in [7, 11) is -4.37. The summed E-state index contributed by atoms with van der Waals surface area (Å²) in [6, 6.07) is 5.73. The Balaban J connectivity index is 2.20. The van der Waals surface area contributed by atoms with Crippen LogP contribution in [0, 0.1) is 0 Å². The lowest BCUT2D eigenvalue weighted by Gasteiger charge is -2.23. The molecule has 1 aromatic heterocycles. The Morgan fingerprint density at radius 1 is 1.22 bits per heavy atom. The maximum Gasteiger partial charge on any atom is 0.408 e. The highest BCUT2D eigenvalue weighted by molar-refractivity contribution is 7.87. The van der Waals surface area contributed by atoms with E-state index in [9.17, 15) is 18.0 Å². The van der Waals surface area contributed by atoms with Gasteiger partial charge < -0.3 is 14.8 Å². The van der Waals surface area contributed by atoms with Gasteiger partial charge in [0.15, 0.2) is 0 Å². The number of anilines is 1. The fourth-order valence-electron chi connectivity index (χ4n) is 2.67. The number of ether oxygens (including phenoxy) is 2. The number of hydrogen-bond donors (Lipinski definition) is 3. The minimum atomic E-state index is -4.37. The summed E-state index contributed by atoms with van der Waals surface area (Å²) in [6.45, 7) is 7.26. The molecule has 2 rings (SSSR count). The Hall–Kier alpha value is -2.70. The van der Waals surface area contributed by atoms with E-state index in [1.165, 1.54) is 23.5 Å². The van der Waals surface area contributed by atoms with Crippen LogP contribution in [-0.4, -0.2) is 42.2 Å². The van der Waals surface area contributed by atoms with Crippen LogP contribution in [0.1, 0.15) is 50.0 Å². The molecule has 1 aromatic carbocycles. The van der Waals surface area contributed by atoms with Gasteiger partial charge in [0.2, 0.25) is 0 Å². The van der Waals surface area contributed by atoms with E-state index in [4.69, 9.17) is 14.0 Å². The molecular weight excluding hydrogens is 458 g/mol. The van der Waals surface area contributed by atoms with Gasteiger partial charge in [0.1, 0.15) is 10.6 Å². The third-order valence-corrected chi connectivity index (χ3v) is 5.22. The summed E-state index contributed by atoms with van der Waals surface area (Å²) in [6.07, 6.45) is -0.256. The maximum absolute atomic E-state index is 12.4. The molecule has 0 bridgehead atoms. The summed E-state index contributed by atoms with van der Waals surface area (Å²) in [5.41, 5.74) is 0.833. The molecule has 0 aliphatic heterocycles. The summed E-state index contributed by atoms with van der Waals surface area (Å²) >= 11 is 1.28. The standard InChI is InChI=1S/C20H27N3O7S2/c1-5-29-18(24)11-17-21-16(12-31-17)15(22-19(25)30-20(2,3)4)10-13-6-8-14(9-7-13)23-32(26,27)28/h6-9,12,15,23H,5,10-11H2,1-4H3,(H,22,25)(H,26,27,28)/t15-/m0/s1. The topological polar surface area (TPSA) is 144 Å². The molecular formula is C20H27N3O7S2. The fraction of sp³-hybridized carbons (Fsp3) is 0.450. The highest BCUT2D eigenvalue weighted by Gasteiger charge is 2.23. The van der Waals surface area contributed by atoms with Crippen molar-refractivity contribution in [1.29, 1.82) is 0 Å². The number of benzene rings is 1.